The van der Waals surface area contributed by atoms with E-state index in [1.54, 1.807) is 23.1 Å². The minimum Gasteiger partial charge on any atom is -0.321 e. The molecular weight excluding hydrogens is 332 g/mol. The Hall–Kier alpha value is -2.47. The summed E-state index contributed by atoms with van der Waals surface area (Å²) in [7, 11) is 1.79. The normalized spacial score (nSPS) is 11.6. The third-order valence-electron chi connectivity index (χ3n) is 3.92. The third kappa shape index (κ3) is 3.79. The molecular formula is C19H22N4OS. The van der Waals surface area contributed by atoms with Crippen LogP contribution in [0.4, 0.5) is 5.69 Å². The number of hydrogen-bond acceptors (Lipinski definition) is 4. The number of aromatic nitrogens is 3. The smallest absolute Gasteiger partial charge is 0.273 e. The monoisotopic (exact) mass is 354 g/mol. The quantitative estimate of drug-likeness (QED) is 0.758. The summed E-state index contributed by atoms with van der Waals surface area (Å²) in [6.45, 7) is 8.22. The fraction of sp³-hybridized carbons (Fsp3) is 0.316. The van der Waals surface area contributed by atoms with Gasteiger partial charge in [-0.25, -0.2) is 4.98 Å². The van der Waals surface area contributed by atoms with E-state index in [0.717, 1.165) is 27.6 Å². The molecule has 0 fully saturated rings. The molecule has 0 radical (unpaired) electrons. The van der Waals surface area contributed by atoms with Crippen molar-refractivity contribution in [1.82, 2.24) is 14.8 Å². The Bertz CT molecular complexity index is 918. The third-order valence-corrected chi connectivity index (χ3v) is 4.69. The van der Waals surface area contributed by atoms with E-state index in [1.165, 1.54) is 0 Å². The maximum Gasteiger partial charge on any atom is 0.273 e. The number of aryl methyl sites for hydroxylation is 2. The molecule has 0 spiro atoms. The van der Waals surface area contributed by atoms with E-state index in [0.29, 0.717) is 5.69 Å². The van der Waals surface area contributed by atoms with Crippen molar-refractivity contribution in [3.05, 3.63) is 52.1 Å². The average Bonchev–Trinajstić information content (AvgIpc) is 3.13. The maximum atomic E-state index is 12.6. The van der Waals surface area contributed by atoms with Crippen molar-refractivity contribution in [2.75, 3.05) is 5.32 Å². The van der Waals surface area contributed by atoms with Crippen molar-refractivity contribution >= 4 is 22.9 Å². The van der Waals surface area contributed by atoms with Crippen LogP contribution in [0, 0.1) is 6.92 Å². The number of amides is 1. The lowest BCUT2D eigenvalue weighted by molar-refractivity contribution is 0.101. The summed E-state index contributed by atoms with van der Waals surface area (Å²) in [4.78, 5) is 17.1. The molecule has 0 saturated carbocycles. The second-order valence-corrected chi connectivity index (χ2v) is 8.14. The van der Waals surface area contributed by atoms with E-state index in [2.05, 4.69) is 36.2 Å². The molecule has 1 amide bonds. The van der Waals surface area contributed by atoms with Gasteiger partial charge in [0.2, 0.25) is 0 Å². The first-order chi connectivity index (χ1) is 11.7. The second-order valence-electron chi connectivity index (χ2n) is 7.08. The summed E-state index contributed by atoms with van der Waals surface area (Å²) < 4.78 is 1.63. The lowest BCUT2D eigenvalue weighted by Gasteiger charge is -2.13. The summed E-state index contributed by atoms with van der Waals surface area (Å²) >= 11 is 1.61. The molecule has 0 unspecified atom stereocenters. The molecule has 25 heavy (non-hydrogen) atoms. The highest BCUT2D eigenvalue weighted by Crippen LogP contribution is 2.25. The number of carbonyl (C=O) groups is 1. The van der Waals surface area contributed by atoms with Gasteiger partial charge < -0.3 is 5.32 Å². The number of hydrogen-bond donors (Lipinski definition) is 1. The second kappa shape index (κ2) is 6.44. The molecule has 3 rings (SSSR count). The molecule has 0 aliphatic carbocycles. The van der Waals surface area contributed by atoms with Crippen LogP contribution < -0.4 is 5.32 Å². The number of thiazole rings is 1. The zero-order valence-corrected chi connectivity index (χ0v) is 15.9. The number of anilines is 1. The fourth-order valence-electron chi connectivity index (χ4n) is 2.49. The first-order valence-electron chi connectivity index (χ1n) is 8.12. The first kappa shape index (κ1) is 17.4. The molecule has 0 bridgehead atoms. The van der Waals surface area contributed by atoms with Gasteiger partial charge in [-0.05, 0) is 25.1 Å². The predicted octanol–water partition coefficient (Wildman–Crippen LogP) is 4.40. The maximum absolute atomic E-state index is 12.6. The molecule has 0 aliphatic heterocycles. The van der Waals surface area contributed by atoms with Crippen LogP contribution in [0.5, 0.6) is 0 Å². The SMILES string of the molecule is Cc1nc(-c2cccc(NC(=O)c3cc(C(C)(C)C)nn3C)c2)cs1. The van der Waals surface area contributed by atoms with Crippen molar-refractivity contribution in [2.45, 2.75) is 33.1 Å². The van der Waals surface area contributed by atoms with E-state index >= 15 is 0 Å². The molecule has 1 aromatic carbocycles. The van der Waals surface area contributed by atoms with Crippen LogP contribution in [-0.2, 0) is 12.5 Å². The number of rotatable bonds is 3. The van der Waals surface area contributed by atoms with Gasteiger partial charge in [-0.2, -0.15) is 5.10 Å². The molecule has 2 heterocycles. The van der Waals surface area contributed by atoms with E-state index in [4.69, 9.17) is 0 Å². The molecule has 130 valence electrons. The molecule has 6 heteroatoms. The Morgan fingerprint density at radius 1 is 1.24 bits per heavy atom. The van der Waals surface area contributed by atoms with E-state index in [1.807, 2.05) is 42.6 Å². The summed E-state index contributed by atoms with van der Waals surface area (Å²) in [5.41, 5.74) is 3.99. The Kier molecular flexibility index (Phi) is 4.47. The van der Waals surface area contributed by atoms with Crippen molar-refractivity contribution in [3.8, 4) is 11.3 Å². The van der Waals surface area contributed by atoms with Gasteiger partial charge in [0.05, 0.1) is 16.4 Å². The van der Waals surface area contributed by atoms with Crippen LogP contribution in [-0.4, -0.2) is 20.7 Å². The Labute approximate surface area is 151 Å². The zero-order chi connectivity index (χ0) is 18.2. The minimum absolute atomic E-state index is 0.0985. The van der Waals surface area contributed by atoms with Crippen LogP contribution in [0.15, 0.2) is 35.7 Å². The lowest BCUT2D eigenvalue weighted by atomic mass is 9.92. The first-order valence-corrected chi connectivity index (χ1v) is 9.00. The standard InChI is InChI=1S/C19H22N4OS/c1-12-20-15(11-25-12)13-7-6-8-14(9-13)21-18(24)16-10-17(19(2,3)4)22-23(16)5/h6-11H,1-5H3,(H,21,24). The number of benzene rings is 1. The average molecular weight is 354 g/mol. The van der Waals surface area contributed by atoms with Gasteiger partial charge in [0, 0.05) is 29.1 Å². The molecule has 1 N–H and O–H groups in total. The summed E-state index contributed by atoms with van der Waals surface area (Å²) in [5, 5.41) is 10.5. The lowest BCUT2D eigenvalue weighted by Crippen LogP contribution is -2.16. The fourth-order valence-corrected chi connectivity index (χ4v) is 3.12. The van der Waals surface area contributed by atoms with Crippen LogP contribution in [0.3, 0.4) is 0 Å². The van der Waals surface area contributed by atoms with Crippen molar-refractivity contribution in [3.63, 3.8) is 0 Å². The predicted molar refractivity (Wildman–Crippen MR) is 102 cm³/mol. The highest BCUT2D eigenvalue weighted by molar-refractivity contribution is 7.09. The number of nitrogens with one attached hydrogen (secondary N) is 1. The van der Waals surface area contributed by atoms with Gasteiger partial charge in [0.15, 0.2) is 0 Å². The van der Waals surface area contributed by atoms with E-state index in [-0.39, 0.29) is 11.3 Å². The molecule has 3 aromatic rings. The Morgan fingerprint density at radius 3 is 2.60 bits per heavy atom. The van der Waals surface area contributed by atoms with E-state index in [9.17, 15) is 4.79 Å². The van der Waals surface area contributed by atoms with Crippen molar-refractivity contribution in [1.29, 1.82) is 0 Å². The van der Waals surface area contributed by atoms with Gasteiger partial charge in [-0.3, -0.25) is 9.48 Å². The van der Waals surface area contributed by atoms with Gasteiger partial charge in [0.1, 0.15) is 5.69 Å². The summed E-state index contributed by atoms with van der Waals surface area (Å²) in [6.07, 6.45) is 0. The summed E-state index contributed by atoms with van der Waals surface area (Å²) in [5.74, 6) is -0.169. The molecule has 0 saturated heterocycles. The van der Waals surface area contributed by atoms with Crippen LogP contribution in [0.25, 0.3) is 11.3 Å². The van der Waals surface area contributed by atoms with Gasteiger partial charge in [-0.1, -0.05) is 32.9 Å². The molecule has 0 aliphatic rings. The Balaban J connectivity index is 1.83. The largest absolute Gasteiger partial charge is 0.321 e. The number of nitrogens with zero attached hydrogens (tertiary/aromatic N) is 3. The van der Waals surface area contributed by atoms with Gasteiger partial charge in [0.25, 0.3) is 5.91 Å². The highest BCUT2D eigenvalue weighted by Gasteiger charge is 2.21. The van der Waals surface area contributed by atoms with Crippen LogP contribution in [0.1, 0.15) is 42.0 Å². The topological polar surface area (TPSA) is 59.8 Å². The summed E-state index contributed by atoms with van der Waals surface area (Å²) in [6, 6.07) is 9.58. The minimum atomic E-state index is -0.169. The highest BCUT2D eigenvalue weighted by atomic mass is 32.1. The van der Waals surface area contributed by atoms with E-state index < -0.39 is 0 Å². The van der Waals surface area contributed by atoms with Crippen molar-refractivity contribution < 1.29 is 4.79 Å². The zero-order valence-electron chi connectivity index (χ0n) is 15.1. The Morgan fingerprint density at radius 2 is 2.00 bits per heavy atom. The van der Waals surface area contributed by atoms with Gasteiger partial charge >= 0.3 is 0 Å². The molecule has 2 aromatic heterocycles. The molecule has 5 nitrogen and oxygen atoms in total. The van der Waals surface area contributed by atoms with Crippen molar-refractivity contribution in [2.24, 2.45) is 7.05 Å². The molecule has 0 atom stereocenters. The van der Waals surface area contributed by atoms with Crippen LogP contribution in [0.2, 0.25) is 0 Å². The van der Waals surface area contributed by atoms with Gasteiger partial charge in [-0.15, -0.1) is 11.3 Å². The number of carbonyl (C=O) groups excluding carboxylic acids is 1. The van der Waals surface area contributed by atoms with Crippen LogP contribution >= 0.6 is 11.3 Å².